The summed E-state index contributed by atoms with van der Waals surface area (Å²) < 4.78 is 0. The lowest BCUT2D eigenvalue weighted by Crippen LogP contribution is -2.13. The zero-order chi connectivity index (χ0) is 15.4. The summed E-state index contributed by atoms with van der Waals surface area (Å²) in [5.74, 6) is -0.428. The smallest absolute Gasteiger partial charge is 0.275 e. The zero-order valence-electron chi connectivity index (χ0n) is 11.7. The number of aromatic nitrogens is 1. The van der Waals surface area contributed by atoms with E-state index >= 15 is 0 Å². The first kappa shape index (κ1) is 15.1. The van der Waals surface area contributed by atoms with Crippen molar-refractivity contribution in [3.8, 4) is 0 Å². The first-order valence-corrected chi connectivity index (χ1v) is 7.23. The molecule has 0 fully saturated rings. The van der Waals surface area contributed by atoms with Crippen LogP contribution in [0.5, 0.6) is 0 Å². The summed E-state index contributed by atoms with van der Waals surface area (Å²) in [5.41, 5.74) is 7.37. The summed E-state index contributed by atoms with van der Waals surface area (Å²) in [7, 11) is 0. The minimum Gasteiger partial charge on any atom is -0.326 e. The molecule has 1 unspecified atom stereocenters. The van der Waals surface area contributed by atoms with Crippen molar-refractivity contribution in [2.24, 2.45) is 5.73 Å². The molecule has 1 aromatic heterocycles. The molecule has 2 rings (SSSR count). The van der Waals surface area contributed by atoms with E-state index in [4.69, 9.17) is 5.73 Å². The van der Waals surface area contributed by atoms with E-state index in [1.807, 2.05) is 6.92 Å². The molecule has 110 valence electrons. The van der Waals surface area contributed by atoms with Crippen LogP contribution in [-0.2, 0) is 4.79 Å². The van der Waals surface area contributed by atoms with Crippen LogP contribution in [0.1, 0.15) is 35.4 Å². The lowest BCUT2D eigenvalue weighted by molar-refractivity contribution is -0.114. The lowest BCUT2D eigenvalue weighted by Gasteiger charge is -2.05. The highest BCUT2D eigenvalue weighted by atomic mass is 32.1. The predicted molar refractivity (Wildman–Crippen MR) is 83.4 cm³/mol. The van der Waals surface area contributed by atoms with Crippen molar-refractivity contribution in [2.45, 2.75) is 19.9 Å². The molecule has 4 N–H and O–H groups in total. The molecule has 0 aliphatic carbocycles. The van der Waals surface area contributed by atoms with E-state index < -0.39 is 0 Å². The summed E-state index contributed by atoms with van der Waals surface area (Å²) in [4.78, 5) is 27.1. The highest BCUT2D eigenvalue weighted by molar-refractivity contribution is 7.09. The number of carbonyl (C=O) groups excluding carboxylic acids is 2. The number of benzene rings is 1. The van der Waals surface area contributed by atoms with E-state index in [-0.39, 0.29) is 17.9 Å². The number of hydrogen-bond acceptors (Lipinski definition) is 5. The van der Waals surface area contributed by atoms with Gasteiger partial charge in [-0.1, -0.05) is 0 Å². The maximum Gasteiger partial charge on any atom is 0.275 e. The number of thiazole rings is 1. The standard InChI is InChI=1S/C14H16N4O2S/c1-8(15)14-18-12(7-21-14)13(20)17-11-5-3-10(4-6-11)16-9(2)19/h3-8H,15H2,1-2H3,(H,16,19)(H,17,20). The van der Waals surface area contributed by atoms with E-state index in [0.29, 0.717) is 17.1 Å². The van der Waals surface area contributed by atoms with Crippen molar-refractivity contribution >= 4 is 34.5 Å². The number of nitrogens with one attached hydrogen (secondary N) is 2. The minimum atomic E-state index is -0.287. The summed E-state index contributed by atoms with van der Waals surface area (Å²) >= 11 is 1.36. The Kier molecular flexibility index (Phi) is 4.66. The van der Waals surface area contributed by atoms with Gasteiger partial charge in [-0.05, 0) is 31.2 Å². The summed E-state index contributed by atoms with van der Waals surface area (Å²) in [6, 6.07) is 6.66. The summed E-state index contributed by atoms with van der Waals surface area (Å²) in [5, 5.41) is 7.80. The van der Waals surface area contributed by atoms with Crippen LogP contribution in [0.3, 0.4) is 0 Å². The molecule has 2 aromatic rings. The van der Waals surface area contributed by atoms with Gasteiger partial charge in [-0.25, -0.2) is 4.98 Å². The molecule has 21 heavy (non-hydrogen) atoms. The van der Waals surface area contributed by atoms with E-state index in [2.05, 4.69) is 15.6 Å². The second-order valence-electron chi connectivity index (χ2n) is 4.57. The van der Waals surface area contributed by atoms with E-state index in [0.717, 1.165) is 5.01 Å². The summed E-state index contributed by atoms with van der Waals surface area (Å²) in [6.45, 7) is 3.26. The predicted octanol–water partition coefficient (Wildman–Crippen LogP) is 2.37. The fraction of sp³-hybridized carbons (Fsp3) is 0.214. The third-order valence-corrected chi connectivity index (χ3v) is 3.65. The van der Waals surface area contributed by atoms with Gasteiger partial charge in [-0.2, -0.15) is 0 Å². The maximum absolute atomic E-state index is 12.0. The molecule has 1 heterocycles. The lowest BCUT2D eigenvalue weighted by atomic mass is 10.2. The fourth-order valence-corrected chi connectivity index (χ4v) is 2.39. The fourth-order valence-electron chi connectivity index (χ4n) is 1.64. The Morgan fingerprint density at radius 1 is 1.19 bits per heavy atom. The van der Waals surface area contributed by atoms with Gasteiger partial charge in [0.1, 0.15) is 10.7 Å². The van der Waals surface area contributed by atoms with Crippen molar-refractivity contribution < 1.29 is 9.59 Å². The van der Waals surface area contributed by atoms with Crippen molar-refractivity contribution in [1.82, 2.24) is 4.98 Å². The van der Waals surface area contributed by atoms with Crippen LogP contribution in [0.15, 0.2) is 29.6 Å². The largest absolute Gasteiger partial charge is 0.326 e. The molecular formula is C14H16N4O2S. The molecule has 0 saturated heterocycles. The van der Waals surface area contributed by atoms with Crippen molar-refractivity contribution in [1.29, 1.82) is 0 Å². The van der Waals surface area contributed by atoms with Crippen molar-refractivity contribution in [3.05, 3.63) is 40.3 Å². The number of rotatable bonds is 4. The SMILES string of the molecule is CC(=O)Nc1ccc(NC(=O)c2csc(C(C)N)n2)cc1. The number of nitrogens with zero attached hydrogens (tertiary/aromatic N) is 1. The maximum atomic E-state index is 12.0. The number of anilines is 2. The molecule has 7 heteroatoms. The normalized spacial score (nSPS) is 11.8. The van der Waals surface area contributed by atoms with Crippen LogP contribution in [0, 0.1) is 0 Å². The Hall–Kier alpha value is -2.25. The molecule has 0 aliphatic heterocycles. The highest BCUT2D eigenvalue weighted by Gasteiger charge is 2.12. The van der Waals surface area contributed by atoms with Gasteiger partial charge in [-0.3, -0.25) is 9.59 Å². The van der Waals surface area contributed by atoms with Crippen LogP contribution < -0.4 is 16.4 Å². The van der Waals surface area contributed by atoms with Crippen LogP contribution >= 0.6 is 11.3 Å². The first-order chi connectivity index (χ1) is 9.95. The summed E-state index contributed by atoms with van der Waals surface area (Å²) in [6.07, 6.45) is 0. The van der Waals surface area contributed by atoms with Gasteiger partial charge in [0.15, 0.2) is 0 Å². The highest BCUT2D eigenvalue weighted by Crippen LogP contribution is 2.18. The molecule has 0 radical (unpaired) electrons. The zero-order valence-corrected chi connectivity index (χ0v) is 12.5. The molecule has 0 aliphatic rings. The van der Waals surface area contributed by atoms with Crippen LogP contribution in [0.4, 0.5) is 11.4 Å². The minimum absolute atomic E-state index is 0.141. The third-order valence-electron chi connectivity index (χ3n) is 2.61. The number of carbonyl (C=O) groups is 2. The average molecular weight is 304 g/mol. The second-order valence-corrected chi connectivity index (χ2v) is 5.46. The van der Waals surface area contributed by atoms with Crippen LogP contribution in [0.2, 0.25) is 0 Å². The molecule has 0 saturated carbocycles. The van der Waals surface area contributed by atoms with E-state index in [9.17, 15) is 9.59 Å². The van der Waals surface area contributed by atoms with Gasteiger partial charge in [0, 0.05) is 23.7 Å². The van der Waals surface area contributed by atoms with Crippen LogP contribution in [0.25, 0.3) is 0 Å². The van der Waals surface area contributed by atoms with E-state index in [1.54, 1.807) is 29.6 Å². The Morgan fingerprint density at radius 2 is 1.76 bits per heavy atom. The molecule has 2 amide bonds. The third kappa shape index (κ3) is 4.11. The Morgan fingerprint density at radius 3 is 2.24 bits per heavy atom. The van der Waals surface area contributed by atoms with Crippen molar-refractivity contribution in [3.63, 3.8) is 0 Å². The number of hydrogen-bond donors (Lipinski definition) is 3. The monoisotopic (exact) mass is 304 g/mol. The Bertz CT molecular complexity index is 649. The van der Waals surface area contributed by atoms with Gasteiger partial charge in [-0.15, -0.1) is 11.3 Å². The van der Waals surface area contributed by atoms with Gasteiger partial charge in [0.2, 0.25) is 5.91 Å². The molecule has 1 aromatic carbocycles. The van der Waals surface area contributed by atoms with Gasteiger partial charge in [0.25, 0.3) is 5.91 Å². The van der Waals surface area contributed by atoms with Gasteiger partial charge in [0.05, 0.1) is 6.04 Å². The number of amides is 2. The molecular weight excluding hydrogens is 288 g/mol. The molecule has 0 spiro atoms. The van der Waals surface area contributed by atoms with Crippen LogP contribution in [-0.4, -0.2) is 16.8 Å². The topological polar surface area (TPSA) is 97.1 Å². The van der Waals surface area contributed by atoms with E-state index in [1.165, 1.54) is 18.3 Å². The van der Waals surface area contributed by atoms with Crippen molar-refractivity contribution in [2.75, 3.05) is 10.6 Å². The quantitative estimate of drug-likeness (QED) is 0.807. The molecule has 1 atom stereocenters. The average Bonchev–Trinajstić information content (AvgIpc) is 2.90. The van der Waals surface area contributed by atoms with Gasteiger partial charge < -0.3 is 16.4 Å². The Labute approximate surface area is 126 Å². The van der Waals surface area contributed by atoms with Gasteiger partial charge >= 0.3 is 0 Å². The first-order valence-electron chi connectivity index (χ1n) is 6.35. The Balaban J connectivity index is 2.03. The number of nitrogens with two attached hydrogens (primary N) is 1. The molecule has 0 bridgehead atoms. The second kappa shape index (κ2) is 6.47. The molecule has 6 nitrogen and oxygen atoms in total.